The number of hydrogen-bond donors (Lipinski definition) is 1. The van der Waals surface area contributed by atoms with Gasteiger partial charge >= 0.3 is 0 Å². The van der Waals surface area contributed by atoms with E-state index in [0.717, 1.165) is 32.5 Å². The maximum atomic E-state index is 13.3. The van der Waals surface area contributed by atoms with E-state index in [2.05, 4.69) is 39.1 Å². The normalized spacial score (nSPS) is 11.5. The molecule has 1 N–H and O–H groups in total. The number of sulfonamides is 1. The number of nitrogens with zero attached hydrogens (tertiary/aromatic N) is 4. The van der Waals surface area contributed by atoms with Crippen LogP contribution in [-0.4, -0.2) is 36.6 Å². The first-order valence-electron chi connectivity index (χ1n) is 11.3. The van der Waals surface area contributed by atoms with Gasteiger partial charge in [0.05, 0.1) is 23.0 Å². The molecule has 1 amide bonds. The molecule has 0 aliphatic heterocycles. The van der Waals surface area contributed by atoms with E-state index in [9.17, 15) is 13.2 Å². The number of anilines is 1. The third-order valence-corrected chi connectivity index (χ3v) is 7.56. The second-order valence-electron chi connectivity index (χ2n) is 8.28. The molecule has 0 unspecified atom stereocenters. The van der Waals surface area contributed by atoms with Gasteiger partial charge in [0.25, 0.3) is 15.9 Å². The van der Waals surface area contributed by atoms with Crippen molar-refractivity contribution in [3.8, 4) is 5.69 Å². The van der Waals surface area contributed by atoms with E-state index in [4.69, 9.17) is 0 Å². The number of benzene rings is 2. The predicted octanol–water partition coefficient (Wildman–Crippen LogP) is 4.14. The van der Waals surface area contributed by atoms with Gasteiger partial charge < -0.3 is 4.57 Å². The molecule has 0 radical (unpaired) electrons. The smallest absolute Gasteiger partial charge is 0.264 e. The van der Waals surface area contributed by atoms with E-state index in [1.807, 2.05) is 32.0 Å². The van der Waals surface area contributed by atoms with Crippen molar-refractivity contribution < 1.29 is 13.2 Å². The van der Waals surface area contributed by atoms with Crippen LogP contribution in [0.5, 0.6) is 0 Å². The number of hydrazone groups is 1. The lowest BCUT2D eigenvalue weighted by molar-refractivity contribution is -0.119. The Morgan fingerprint density at radius 3 is 2.44 bits per heavy atom. The van der Waals surface area contributed by atoms with Crippen LogP contribution in [0.25, 0.3) is 5.69 Å². The van der Waals surface area contributed by atoms with Crippen LogP contribution in [0, 0.1) is 20.8 Å². The number of nitrogens with one attached hydrogen (secondary N) is 1. The van der Waals surface area contributed by atoms with Crippen LogP contribution >= 0.6 is 0 Å². The Bertz CT molecular complexity index is 1500. The molecule has 4 aromatic rings. The van der Waals surface area contributed by atoms with Gasteiger partial charge in [-0.05, 0) is 62.7 Å². The van der Waals surface area contributed by atoms with Crippen LogP contribution in [0.2, 0.25) is 0 Å². The van der Waals surface area contributed by atoms with Gasteiger partial charge in [-0.2, -0.15) is 5.10 Å². The fourth-order valence-electron chi connectivity index (χ4n) is 3.98. The first kappa shape index (κ1) is 24.9. The quantitative estimate of drug-likeness (QED) is 0.290. The average molecular weight is 502 g/mol. The third-order valence-electron chi connectivity index (χ3n) is 5.77. The summed E-state index contributed by atoms with van der Waals surface area (Å²) in [7, 11) is -3.99. The van der Waals surface area contributed by atoms with E-state index in [1.54, 1.807) is 36.5 Å². The summed E-state index contributed by atoms with van der Waals surface area (Å²) in [6.07, 6.45) is 4.50. The van der Waals surface area contributed by atoms with Crippen LogP contribution in [0.4, 0.5) is 5.69 Å². The molecule has 0 aliphatic carbocycles. The minimum Gasteiger partial charge on any atom is -0.318 e. The zero-order valence-electron chi connectivity index (χ0n) is 20.3. The van der Waals surface area contributed by atoms with Gasteiger partial charge in [-0.3, -0.25) is 14.1 Å². The zero-order valence-corrected chi connectivity index (χ0v) is 21.1. The van der Waals surface area contributed by atoms with Crippen molar-refractivity contribution >= 4 is 27.8 Å². The fourth-order valence-corrected chi connectivity index (χ4v) is 5.41. The van der Waals surface area contributed by atoms with Crippen molar-refractivity contribution in [2.24, 2.45) is 5.10 Å². The molecule has 0 fully saturated rings. The summed E-state index contributed by atoms with van der Waals surface area (Å²) in [5.74, 6) is -0.581. The predicted molar refractivity (Wildman–Crippen MR) is 141 cm³/mol. The highest BCUT2D eigenvalue weighted by Crippen LogP contribution is 2.23. The number of hydrogen-bond acceptors (Lipinski definition) is 5. The Kier molecular flexibility index (Phi) is 7.30. The lowest BCUT2D eigenvalue weighted by atomic mass is 10.2. The molecule has 0 spiro atoms. The zero-order chi connectivity index (χ0) is 25.7. The van der Waals surface area contributed by atoms with E-state index >= 15 is 0 Å². The van der Waals surface area contributed by atoms with E-state index in [1.165, 1.54) is 24.5 Å². The van der Waals surface area contributed by atoms with Crippen LogP contribution in [0.1, 0.15) is 22.5 Å². The first-order valence-corrected chi connectivity index (χ1v) is 12.8. The van der Waals surface area contributed by atoms with Gasteiger partial charge in [-0.1, -0.05) is 36.4 Å². The van der Waals surface area contributed by atoms with Crippen molar-refractivity contribution in [3.63, 3.8) is 0 Å². The SMILES string of the molecule is Cc1ccccc1-n1c(C)cc(/C=N/NC(=O)CN(c2cccnc2)S(=O)(=O)c2ccccc2)c1C. The summed E-state index contributed by atoms with van der Waals surface area (Å²) in [6.45, 7) is 5.59. The van der Waals surface area contributed by atoms with Crippen LogP contribution in [0.15, 0.2) is 95.2 Å². The minimum absolute atomic E-state index is 0.0776. The number of aryl methyl sites for hydroxylation is 2. The van der Waals surface area contributed by atoms with Crippen molar-refractivity contribution in [1.29, 1.82) is 0 Å². The number of para-hydroxylation sites is 1. The molecule has 2 aromatic heterocycles. The second kappa shape index (κ2) is 10.6. The van der Waals surface area contributed by atoms with Gasteiger partial charge in [-0.25, -0.2) is 13.8 Å². The van der Waals surface area contributed by atoms with Gasteiger partial charge in [0.1, 0.15) is 6.54 Å². The molecule has 36 heavy (non-hydrogen) atoms. The number of amides is 1. The Hall–Kier alpha value is -4.24. The highest BCUT2D eigenvalue weighted by Gasteiger charge is 2.27. The fraction of sp³-hybridized carbons (Fsp3) is 0.148. The molecule has 0 aliphatic rings. The standard InChI is InChI=1S/C27H27N5O3S/c1-20-10-7-8-14-26(20)32-21(2)16-23(22(32)3)17-29-30-27(33)19-31(24-11-9-15-28-18-24)36(34,35)25-12-5-4-6-13-25/h4-18H,19H2,1-3H3,(H,30,33)/b29-17+. The largest absolute Gasteiger partial charge is 0.318 e. The molecule has 0 atom stereocenters. The highest BCUT2D eigenvalue weighted by atomic mass is 32.2. The monoisotopic (exact) mass is 501 g/mol. The summed E-state index contributed by atoms with van der Waals surface area (Å²) in [5, 5.41) is 4.10. The molecule has 2 aromatic carbocycles. The number of aromatic nitrogens is 2. The molecule has 0 saturated heterocycles. The van der Waals surface area contributed by atoms with Crippen molar-refractivity contribution in [3.05, 3.63) is 108 Å². The molecule has 0 bridgehead atoms. The molecular formula is C27H27N5O3S. The number of carbonyl (C=O) groups is 1. The first-order chi connectivity index (χ1) is 17.3. The Morgan fingerprint density at radius 1 is 1.03 bits per heavy atom. The molecule has 0 saturated carbocycles. The summed E-state index contributed by atoms with van der Waals surface area (Å²) in [6, 6.07) is 21.2. The maximum absolute atomic E-state index is 13.3. The van der Waals surface area contributed by atoms with Crippen molar-refractivity contribution in [1.82, 2.24) is 15.0 Å². The molecule has 184 valence electrons. The van der Waals surface area contributed by atoms with Crippen molar-refractivity contribution in [2.45, 2.75) is 25.7 Å². The van der Waals surface area contributed by atoms with E-state index < -0.39 is 22.5 Å². The molecule has 4 rings (SSSR count). The Morgan fingerprint density at radius 2 is 1.75 bits per heavy atom. The molecule has 2 heterocycles. The summed E-state index contributed by atoms with van der Waals surface area (Å²) < 4.78 is 29.7. The Labute approximate surface area is 211 Å². The highest BCUT2D eigenvalue weighted by molar-refractivity contribution is 7.92. The second-order valence-corrected chi connectivity index (χ2v) is 10.1. The van der Waals surface area contributed by atoms with Gasteiger partial charge in [0, 0.05) is 28.8 Å². The number of rotatable bonds is 8. The summed E-state index contributed by atoms with van der Waals surface area (Å²) in [4.78, 5) is 16.8. The van der Waals surface area contributed by atoms with Crippen LogP contribution in [0.3, 0.4) is 0 Å². The average Bonchev–Trinajstić information content (AvgIpc) is 3.16. The van der Waals surface area contributed by atoms with Crippen LogP contribution < -0.4 is 9.73 Å². The van der Waals surface area contributed by atoms with Gasteiger partial charge in [0.15, 0.2) is 0 Å². The Balaban J connectivity index is 1.54. The minimum atomic E-state index is -3.99. The molecule has 9 heteroatoms. The lowest BCUT2D eigenvalue weighted by Gasteiger charge is -2.23. The van der Waals surface area contributed by atoms with E-state index in [-0.39, 0.29) is 10.6 Å². The third kappa shape index (κ3) is 5.21. The topological polar surface area (TPSA) is 96.7 Å². The van der Waals surface area contributed by atoms with Crippen molar-refractivity contribution in [2.75, 3.05) is 10.8 Å². The van der Waals surface area contributed by atoms with Crippen LogP contribution in [-0.2, 0) is 14.8 Å². The number of carbonyl (C=O) groups excluding carboxylic acids is 1. The molecular weight excluding hydrogens is 474 g/mol. The van der Waals surface area contributed by atoms with E-state index in [0.29, 0.717) is 0 Å². The maximum Gasteiger partial charge on any atom is 0.264 e. The molecule has 8 nitrogen and oxygen atoms in total. The van der Waals surface area contributed by atoms with Gasteiger partial charge in [0.2, 0.25) is 0 Å². The lowest BCUT2D eigenvalue weighted by Crippen LogP contribution is -2.39. The summed E-state index contributed by atoms with van der Waals surface area (Å²) in [5.41, 5.74) is 7.81. The number of pyridine rings is 1. The van der Waals surface area contributed by atoms with Gasteiger partial charge in [-0.15, -0.1) is 0 Å². The summed E-state index contributed by atoms with van der Waals surface area (Å²) >= 11 is 0.